The molecule has 0 fully saturated rings. The second kappa shape index (κ2) is 4.94. The standard InChI is InChI=1S/C14H18N4OS/c1-3-18-13(11(15)8-16-18)14(19)17-6-4-12-10(9(17)2)5-7-20-12/h5,7-9H,3-4,6,15H2,1-2H3. The molecule has 6 heteroatoms. The molecule has 5 nitrogen and oxygen atoms in total. The highest BCUT2D eigenvalue weighted by Crippen LogP contribution is 2.34. The quantitative estimate of drug-likeness (QED) is 0.923. The number of nitrogens with zero attached hydrogens (tertiary/aromatic N) is 3. The molecule has 1 amide bonds. The Bertz CT molecular complexity index is 645. The molecule has 1 atom stereocenters. The van der Waals surface area contributed by atoms with Crippen LogP contribution in [0.25, 0.3) is 0 Å². The molecule has 1 aliphatic rings. The molecule has 2 aromatic rings. The van der Waals surface area contributed by atoms with Crippen molar-refractivity contribution in [3.63, 3.8) is 0 Å². The molecule has 106 valence electrons. The normalized spacial score (nSPS) is 18.1. The first-order chi connectivity index (χ1) is 9.63. The zero-order valence-electron chi connectivity index (χ0n) is 11.7. The number of nitrogen functional groups attached to an aromatic ring is 1. The maximum atomic E-state index is 12.8. The van der Waals surface area contributed by atoms with Gasteiger partial charge in [-0.2, -0.15) is 5.10 Å². The number of anilines is 1. The Balaban J connectivity index is 1.94. The van der Waals surface area contributed by atoms with E-state index in [9.17, 15) is 4.79 Å². The summed E-state index contributed by atoms with van der Waals surface area (Å²) in [6, 6.07) is 2.21. The van der Waals surface area contributed by atoms with Gasteiger partial charge in [0.05, 0.1) is 17.9 Å². The average molecular weight is 290 g/mol. The van der Waals surface area contributed by atoms with Crippen LogP contribution in [-0.2, 0) is 13.0 Å². The van der Waals surface area contributed by atoms with Gasteiger partial charge in [0.25, 0.3) is 5.91 Å². The zero-order chi connectivity index (χ0) is 14.3. The number of hydrogen-bond acceptors (Lipinski definition) is 4. The molecule has 0 bridgehead atoms. The number of amides is 1. The largest absolute Gasteiger partial charge is 0.396 e. The fourth-order valence-electron chi connectivity index (χ4n) is 2.80. The van der Waals surface area contributed by atoms with Gasteiger partial charge >= 0.3 is 0 Å². The summed E-state index contributed by atoms with van der Waals surface area (Å²) in [5.74, 6) is -0.0220. The maximum absolute atomic E-state index is 12.8. The van der Waals surface area contributed by atoms with Gasteiger partial charge in [-0.05, 0) is 37.3 Å². The van der Waals surface area contributed by atoms with Gasteiger partial charge in [-0.3, -0.25) is 9.48 Å². The molecule has 0 spiro atoms. The summed E-state index contributed by atoms with van der Waals surface area (Å²) in [5, 5.41) is 6.25. The van der Waals surface area contributed by atoms with Gasteiger partial charge in [0.1, 0.15) is 5.69 Å². The van der Waals surface area contributed by atoms with E-state index in [0.29, 0.717) is 17.9 Å². The Labute approximate surface area is 122 Å². The van der Waals surface area contributed by atoms with E-state index in [2.05, 4.69) is 23.5 Å². The molecule has 2 N–H and O–H groups in total. The van der Waals surface area contributed by atoms with Crippen LogP contribution in [-0.4, -0.2) is 27.1 Å². The molecule has 3 heterocycles. The molecule has 0 saturated carbocycles. The van der Waals surface area contributed by atoms with Crippen LogP contribution in [0.4, 0.5) is 5.69 Å². The van der Waals surface area contributed by atoms with Crippen LogP contribution in [0.3, 0.4) is 0 Å². The number of nitrogens with two attached hydrogens (primary N) is 1. The highest BCUT2D eigenvalue weighted by Gasteiger charge is 2.31. The average Bonchev–Trinajstić information content (AvgIpc) is 3.05. The molecular weight excluding hydrogens is 272 g/mol. The van der Waals surface area contributed by atoms with Crippen molar-refractivity contribution in [3.05, 3.63) is 33.8 Å². The third-order valence-corrected chi connectivity index (χ3v) is 4.90. The minimum absolute atomic E-state index is 0.0220. The summed E-state index contributed by atoms with van der Waals surface area (Å²) >= 11 is 1.77. The number of aromatic nitrogens is 2. The molecule has 0 aromatic carbocycles. The molecule has 0 radical (unpaired) electrons. The predicted octanol–water partition coefficient (Wildman–Crippen LogP) is 2.31. The van der Waals surface area contributed by atoms with E-state index in [0.717, 1.165) is 13.0 Å². The van der Waals surface area contributed by atoms with E-state index < -0.39 is 0 Å². The first kappa shape index (κ1) is 13.2. The Kier molecular flexibility index (Phi) is 3.25. The van der Waals surface area contributed by atoms with Crippen molar-refractivity contribution in [1.82, 2.24) is 14.7 Å². The summed E-state index contributed by atoms with van der Waals surface area (Å²) in [7, 11) is 0. The molecule has 20 heavy (non-hydrogen) atoms. The second-order valence-corrected chi connectivity index (χ2v) is 5.99. The molecular formula is C14H18N4OS. The van der Waals surface area contributed by atoms with Crippen molar-refractivity contribution in [2.24, 2.45) is 0 Å². The monoisotopic (exact) mass is 290 g/mol. The fraction of sp³-hybridized carbons (Fsp3) is 0.429. The predicted molar refractivity (Wildman–Crippen MR) is 79.8 cm³/mol. The number of hydrogen-bond donors (Lipinski definition) is 1. The topological polar surface area (TPSA) is 64.2 Å². The third-order valence-electron chi connectivity index (χ3n) is 3.91. The minimum atomic E-state index is -0.0220. The smallest absolute Gasteiger partial charge is 0.274 e. The molecule has 0 aliphatic carbocycles. The van der Waals surface area contributed by atoms with E-state index in [1.807, 2.05) is 11.8 Å². The highest BCUT2D eigenvalue weighted by molar-refractivity contribution is 7.10. The van der Waals surface area contributed by atoms with Crippen LogP contribution in [0.15, 0.2) is 17.6 Å². The molecule has 3 rings (SSSR count). The van der Waals surface area contributed by atoms with Crippen molar-refractivity contribution in [2.75, 3.05) is 12.3 Å². The van der Waals surface area contributed by atoms with Gasteiger partial charge in [-0.15, -0.1) is 11.3 Å². The summed E-state index contributed by atoms with van der Waals surface area (Å²) in [4.78, 5) is 16.1. The number of thiophene rings is 1. The Hall–Kier alpha value is -1.82. The lowest BCUT2D eigenvalue weighted by molar-refractivity contribution is 0.0667. The van der Waals surface area contributed by atoms with Crippen molar-refractivity contribution in [2.45, 2.75) is 32.9 Å². The van der Waals surface area contributed by atoms with Crippen LogP contribution in [0.5, 0.6) is 0 Å². The van der Waals surface area contributed by atoms with E-state index in [-0.39, 0.29) is 11.9 Å². The zero-order valence-corrected chi connectivity index (χ0v) is 12.5. The first-order valence-electron chi connectivity index (χ1n) is 6.82. The number of fused-ring (bicyclic) bond motifs is 1. The molecule has 0 saturated heterocycles. The maximum Gasteiger partial charge on any atom is 0.274 e. The summed E-state index contributed by atoms with van der Waals surface area (Å²) < 4.78 is 1.67. The van der Waals surface area contributed by atoms with Crippen LogP contribution in [0, 0.1) is 0 Å². The van der Waals surface area contributed by atoms with Gasteiger partial charge in [0.2, 0.25) is 0 Å². The fourth-order valence-corrected chi connectivity index (χ4v) is 3.76. The van der Waals surface area contributed by atoms with Crippen molar-refractivity contribution < 1.29 is 4.79 Å². The van der Waals surface area contributed by atoms with E-state index in [1.165, 1.54) is 10.4 Å². The molecule has 2 aromatic heterocycles. The highest BCUT2D eigenvalue weighted by atomic mass is 32.1. The SMILES string of the molecule is CCn1ncc(N)c1C(=O)N1CCc2sccc2C1C. The molecule has 1 unspecified atom stereocenters. The van der Waals surface area contributed by atoms with E-state index in [1.54, 1.807) is 22.2 Å². The van der Waals surface area contributed by atoms with E-state index >= 15 is 0 Å². The van der Waals surface area contributed by atoms with Gasteiger partial charge in [0, 0.05) is 18.0 Å². The van der Waals surface area contributed by atoms with Crippen molar-refractivity contribution in [3.8, 4) is 0 Å². The summed E-state index contributed by atoms with van der Waals surface area (Å²) in [5.41, 5.74) is 8.15. The van der Waals surface area contributed by atoms with Gasteiger partial charge in [-0.25, -0.2) is 0 Å². The summed E-state index contributed by atoms with van der Waals surface area (Å²) in [6.45, 7) is 5.41. The van der Waals surface area contributed by atoms with Crippen molar-refractivity contribution in [1.29, 1.82) is 0 Å². The van der Waals surface area contributed by atoms with Crippen LogP contribution in [0.2, 0.25) is 0 Å². The lowest BCUT2D eigenvalue weighted by Gasteiger charge is -2.33. The van der Waals surface area contributed by atoms with Crippen LogP contribution >= 0.6 is 11.3 Å². The Morgan fingerprint density at radius 2 is 2.40 bits per heavy atom. The number of carbonyl (C=O) groups is 1. The minimum Gasteiger partial charge on any atom is -0.396 e. The van der Waals surface area contributed by atoms with Gasteiger partial charge in [-0.1, -0.05) is 0 Å². The van der Waals surface area contributed by atoms with Gasteiger partial charge < -0.3 is 10.6 Å². The lowest BCUT2D eigenvalue weighted by Crippen LogP contribution is -2.39. The number of carbonyl (C=O) groups excluding carboxylic acids is 1. The van der Waals surface area contributed by atoms with Crippen LogP contribution in [0.1, 0.15) is 40.8 Å². The Morgan fingerprint density at radius 1 is 1.60 bits per heavy atom. The lowest BCUT2D eigenvalue weighted by atomic mass is 10.0. The number of aryl methyl sites for hydroxylation is 1. The third kappa shape index (κ3) is 1.91. The second-order valence-electron chi connectivity index (χ2n) is 4.99. The van der Waals surface area contributed by atoms with E-state index in [4.69, 9.17) is 5.73 Å². The Morgan fingerprint density at radius 3 is 3.15 bits per heavy atom. The molecule has 1 aliphatic heterocycles. The summed E-state index contributed by atoms with van der Waals surface area (Å²) in [6.07, 6.45) is 2.48. The van der Waals surface area contributed by atoms with Crippen LogP contribution < -0.4 is 5.73 Å². The number of rotatable bonds is 2. The van der Waals surface area contributed by atoms with Crippen molar-refractivity contribution >= 4 is 22.9 Å². The van der Waals surface area contributed by atoms with Gasteiger partial charge in [0.15, 0.2) is 0 Å². The first-order valence-corrected chi connectivity index (χ1v) is 7.70.